The fourth-order valence-corrected chi connectivity index (χ4v) is 2.36. The zero-order valence-electron chi connectivity index (χ0n) is 10.5. The Bertz CT molecular complexity index is 539. The van der Waals surface area contributed by atoms with Crippen molar-refractivity contribution < 1.29 is 4.79 Å². The second-order valence-corrected chi connectivity index (χ2v) is 4.75. The van der Waals surface area contributed by atoms with Crippen LogP contribution in [0.15, 0.2) is 59.5 Å². The Kier molecular flexibility index (Phi) is 4.05. The SMILES string of the molecule is CSc1ccccc1C(=O)N(C)c1ccccc1. The lowest BCUT2D eigenvalue weighted by Gasteiger charge is -2.18. The fourth-order valence-electron chi connectivity index (χ4n) is 1.77. The first-order chi connectivity index (χ1) is 8.74. The second-order valence-electron chi connectivity index (χ2n) is 3.90. The van der Waals surface area contributed by atoms with E-state index >= 15 is 0 Å². The van der Waals surface area contributed by atoms with Crippen LogP contribution in [-0.4, -0.2) is 19.2 Å². The molecule has 0 bridgehead atoms. The summed E-state index contributed by atoms with van der Waals surface area (Å²) in [7, 11) is 1.80. The zero-order chi connectivity index (χ0) is 13.0. The van der Waals surface area contributed by atoms with Gasteiger partial charge >= 0.3 is 0 Å². The average molecular weight is 257 g/mol. The van der Waals surface area contributed by atoms with Gasteiger partial charge in [-0.25, -0.2) is 0 Å². The summed E-state index contributed by atoms with van der Waals surface area (Å²) in [6, 6.07) is 17.3. The largest absolute Gasteiger partial charge is 0.311 e. The smallest absolute Gasteiger partial charge is 0.259 e. The van der Waals surface area contributed by atoms with Gasteiger partial charge in [0.2, 0.25) is 0 Å². The predicted octanol–water partition coefficient (Wildman–Crippen LogP) is 3.69. The van der Waals surface area contributed by atoms with Crippen LogP contribution in [0.3, 0.4) is 0 Å². The van der Waals surface area contributed by atoms with E-state index in [4.69, 9.17) is 0 Å². The van der Waals surface area contributed by atoms with Crippen LogP contribution in [0.25, 0.3) is 0 Å². The van der Waals surface area contributed by atoms with Gasteiger partial charge < -0.3 is 4.90 Å². The standard InChI is InChI=1S/C15H15NOS/c1-16(12-8-4-3-5-9-12)15(17)13-10-6-7-11-14(13)18-2/h3-11H,1-2H3. The quantitative estimate of drug-likeness (QED) is 0.782. The van der Waals surface area contributed by atoms with E-state index in [0.29, 0.717) is 0 Å². The minimum Gasteiger partial charge on any atom is -0.311 e. The summed E-state index contributed by atoms with van der Waals surface area (Å²) in [6.45, 7) is 0. The summed E-state index contributed by atoms with van der Waals surface area (Å²) in [6.07, 6.45) is 1.98. The molecule has 0 spiro atoms. The van der Waals surface area contributed by atoms with Crippen LogP contribution in [0, 0.1) is 0 Å². The summed E-state index contributed by atoms with van der Waals surface area (Å²) >= 11 is 1.59. The normalized spacial score (nSPS) is 10.1. The number of para-hydroxylation sites is 1. The Hall–Kier alpha value is -1.74. The van der Waals surface area contributed by atoms with Gasteiger partial charge in [0, 0.05) is 17.6 Å². The Labute approximate surface area is 112 Å². The van der Waals surface area contributed by atoms with E-state index in [1.165, 1.54) is 0 Å². The van der Waals surface area contributed by atoms with Gasteiger partial charge in [0.15, 0.2) is 0 Å². The molecule has 2 aromatic carbocycles. The number of amides is 1. The summed E-state index contributed by atoms with van der Waals surface area (Å²) in [5.74, 6) is 0.0196. The molecular weight excluding hydrogens is 242 g/mol. The fraction of sp³-hybridized carbons (Fsp3) is 0.133. The van der Waals surface area contributed by atoms with Crippen molar-refractivity contribution in [3.8, 4) is 0 Å². The van der Waals surface area contributed by atoms with Crippen LogP contribution in [0.5, 0.6) is 0 Å². The van der Waals surface area contributed by atoms with Crippen LogP contribution in [0.4, 0.5) is 5.69 Å². The van der Waals surface area contributed by atoms with Crippen molar-refractivity contribution in [1.82, 2.24) is 0 Å². The number of carbonyl (C=O) groups is 1. The lowest BCUT2D eigenvalue weighted by molar-refractivity contribution is 0.0990. The van der Waals surface area contributed by atoms with Gasteiger partial charge in [0.1, 0.15) is 0 Å². The summed E-state index contributed by atoms with van der Waals surface area (Å²) in [5.41, 5.74) is 1.65. The van der Waals surface area contributed by atoms with Gasteiger partial charge in [-0.05, 0) is 30.5 Å². The molecule has 0 aliphatic heterocycles. The van der Waals surface area contributed by atoms with E-state index < -0.39 is 0 Å². The Morgan fingerprint density at radius 2 is 1.61 bits per heavy atom. The highest BCUT2D eigenvalue weighted by molar-refractivity contribution is 7.98. The molecule has 0 unspecified atom stereocenters. The maximum atomic E-state index is 12.4. The molecule has 0 aromatic heterocycles. The first-order valence-electron chi connectivity index (χ1n) is 5.70. The second kappa shape index (κ2) is 5.74. The van der Waals surface area contributed by atoms with Gasteiger partial charge in [-0.2, -0.15) is 0 Å². The Morgan fingerprint density at radius 3 is 2.28 bits per heavy atom. The van der Waals surface area contributed by atoms with E-state index in [9.17, 15) is 4.79 Å². The first-order valence-corrected chi connectivity index (χ1v) is 6.92. The van der Waals surface area contributed by atoms with Crippen LogP contribution in [0.1, 0.15) is 10.4 Å². The molecule has 0 N–H and O–H groups in total. The van der Waals surface area contributed by atoms with Gasteiger partial charge in [-0.15, -0.1) is 11.8 Å². The molecule has 0 aliphatic carbocycles. The van der Waals surface area contributed by atoms with E-state index in [0.717, 1.165) is 16.1 Å². The molecule has 2 rings (SSSR count). The lowest BCUT2D eigenvalue weighted by atomic mass is 10.2. The van der Waals surface area contributed by atoms with Gasteiger partial charge in [-0.3, -0.25) is 4.79 Å². The van der Waals surface area contributed by atoms with Crippen molar-refractivity contribution in [2.75, 3.05) is 18.2 Å². The maximum Gasteiger partial charge on any atom is 0.259 e. The summed E-state index contributed by atoms with van der Waals surface area (Å²) in [5, 5.41) is 0. The first kappa shape index (κ1) is 12.7. The molecule has 0 saturated carbocycles. The molecule has 2 nitrogen and oxygen atoms in total. The van der Waals surface area contributed by atoms with E-state index in [1.54, 1.807) is 23.7 Å². The van der Waals surface area contributed by atoms with E-state index in [2.05, 4.69) is 0 Å². The molecule has 0 saturated heterocycles. The number of thioether (sulfide) groups is 1. The van der Waals surface area contributed by atoms with Gasteiger partial charge in [0.25, 0.3) is 5.91 Å². The molecule has 92 valence electrons. The highest BCUT2D eigenvalue weighted by Crippen LogP contribution is 2.23. The maximum absolute atomic E-state index is 12.4. The molecular formula is C15H15NOS. The monoisotopic (exact) mass is 257 g/mol. The minimum absolute atomic E-state index is 0.0196. The summed E-state index contributed by atoms with van der Waals surface area (Å²) in [4.78, 5) is 15.1. The van der Waals surface area contributed by atoms with Crippen LogP contribution < -0.4 is 4.90 Å². The molecule has 0 heterocycles. The predicted molar refractivity (Wildman–Crippen MR) is 77.4 cm³/mol. The average Bonchev–Trinajstić information content (AvgIpc) is 2.46. The highest BCUT2D eigenvalue weighted by atomic mass is 32.2. The van der Waals surface area contributed by atoms with Crippen LogP contribution >= 0.6 is 11.8 Å². The number of carbonyl (C=O) groups excluding carboxylic acids is 1. The van der Waals surface area contributed by atoms with Crippen molar-refractivity contribution >= 4 is 23.4 Å². The Balaban J connectivity index is 2.32. The third-order valence-corrected chi connectivity index (χ3v) is 3.58. The lowest BCUT2D eigenvalue weighted by Crippen LogP contribution is -2.26. The number of benzene rings is 2. The molecule has 1 amide bonds. The topological polar surface area (TPSA) is 20.3 Å². The zero-order valence-corrected chi connectivity index (χ0v) is 11.3. The van der Waals surface area contributed by atoms with Gasteiger partial charge in [-0.1, -0.05) is 30.3 Å². The third-order valence-electron chi connectivity index (χ3n) is 2.79. The molecule has 18 heavy (non-hydrogen) atoms. The molecule has 0 aliphatic rings. The molecule has 0 atom stereocenters. The number of hydrogen-bond acceptors (Lipinski definition) is 2. The summed E-state index contributed by atoms with van der Waals surface area (Å²) < 4.78 is 0. The third kappa shape index (κ3) is 2.57. The van der Waals surface area contributed by atoms with E-state index in [1.807, 2.05) is 60.9 Å². The van der Waals surface area contributed by atoms with E-state index in [-0.39, 0.29) is 5.91 Å². The van der Waals surface area contributed by atoms with Crippen LogP contribution in [-0.2, 0) is 0 Å². The minimum atomic E-state index is 0.0196. The molecule has 3 heteroatoms. The van der Waals surface area contributed by atoms with Gasteiger partial charge in [0.05, 0.1) is 5.56 Å². The molecule has 0 radical (unpaired) electrons. The number of rotatable bonds is 3. The van der Waals surface area contributed by atoms with Crippen molar-refractivity contribution in [2.45, 2.75) is 4.90 Å². The van der Waals surface area contributed by atoms with Crippen molar-refractivity contribution in [3.63, 3.8) is 0 Å². The molecule has 0 fully saturated rings. The van der Waals surface area contributed by atoms with Crippen molar-refractivity contribution in [1.29, 1.82) is 0 Å². The molecule has 2 aromatic rings. The highest BCUT2D eigenvalue weighted by Gasteiger charge is 2.15. The van der Waals surface area contributed by atoms with Crippen LogP contribution in [0.2, 0.25) is 0 Å². The van der Waals surface area contributed by atoms with Crippen molar-refractivity contribution in [3.05, 3.63) is 60.2 Å². The number of hydrogen-bond donors (Lipinski definition) is 0. The Morgan fingerprint density at radius 1 is 1.00 bits per heavy atom. The van der Waals surface area contributed by atoms with Crippen molar-refractivity contribution in [2.24, 2.45) is 0 Å². The number of nitrogens with zero attached hydrogens (tertiary/aromatic N) is 1. The number of anilines is 1.